The number of ketones is 2. The molecular formula is C22H32O2. The normalized spacial score (nSPS) is 38.2. The molecule has 2 unspecified atom stereocenters. The number of rotatable bonds is 0. The molecule has 2 nitrogen and oxygen atoms in total. The van der Waals surface area contributed by atoms with Crippen molar-refractivity contribution in [1.82, 2.24) is 0 Å². The standard InChI is InChI=1S/C22H32O2/c1-13-15-16-14(2)18(24)20(5,6)10-12-22(16,8)21(15,7)11-9-19(3,4)17(13)23/h9-12H2,1-8H3. The van der Waals surface area contributed by atoms with Gasteiger partial charge in [0.25, 0.3) is 0 Å². The summed E-state index contributed by atoms with van der Waals surface area (Å²) in [6, 6.07) is 0. The van der Waals surface area contributed by atoms with Crippen molar-refractivity contribution >= 4 is 11.6 Å². The highest BCUT2D eigenvalue weighted by Gasteiger charge is 2.64. The van der Waals surface area contributed by atoms with Crippen LogP contribution in [0.4, 0.5) is 0 Å². The average Bonchev–Trinajstić information content (AvgIpc) is 2.60. The number of hydrogen-bond acceptors (Lipinski definition) is 2. The van der Waals surface area contributed by atoms with Crippen molar-refractivity contribution in [2.24, 2.45) is 21.7 Å². The third-order valence-corrected chi connectivity index (χ3v) is 7.73. The maximum Gasteiger partial charge on any atom is 0.164 e. The number of carbonyl (C=O) groups excluding carboxylic acids is 2. The van der Waals surface area contributed by atoms with Crippen LogP contribution in [0.2, 0.25) is 0 Å². The van der Waals surface area contributed by atoms with Crippen LogP contribution in [0.15, 0.2) is 22.3 Å². The van der Waals surface area contributed by atoms with Gasteiger partial charge in [0.2, 0.25) is 0 Å². The molecule has 1 saturated carbocycles. The Hall–Kier alpha value is -1.18. The van der Waals surface area contributed by atoms with Crippen LogP contribution in [0.3, 0.4) is 0 Å². The van der Waals surface area contributed by atoms with Crippen LogP contribution in [0.5, 0.6) is 0 Å². The maximum atomic E-state index is 13.0. The first-order valence-electron chi connectivity index (χ1n) is 9.32. The summed E-state index contributed by atoms with van der Waals surface area (Å²) in [7, 11) is 0. The number of allylic oxidation sites excluding steroid dienone is 4. The van der Waals surface area contributed by atoms with Gasteiger partial charge in [0.05, 0.1) is 0 Å². The SMILES string of the molecule is CC1=C2C3=C(C)C(=O)C(C)(C)CCC3(C)C2(C)CCC(C)(C)C1=O. The Labute approximate surface area is 146 Å². The van der Waals surface area contributed by atoms with Crippen LogP contribution in [0.25, 0.3) is 0 Å². The zero-order valence-corrected chi connectivity index (χ0v) is 16.6. The Kier molecular flexibility index (Phi) is 3.46. The lowest BCUT2D eigenvalue weighted by Gasteiger charge is -2.61. The molecule has 0 aromatic carbocycles. The molecule has 0 saturated heterocycles. The first kappa shape index (κ1) is 17.6. The van der Waals surface area contributed by atoms with Crippen LogP contribution in [-0.4, -0.2) is 11.6 Å². The smallest absolute Gasteiger partial charge is 0.164 e. The Balaban J connectivity index is 2.29. The second-order valence-corrected chi connectivity index (χ2v) is 10.1. The predicted molar refractivity (Wildman–Crippen MR) is 97.7 cm³/mol. The summed E-state index contributed by atoms with van der Waals surface area (Å²) in [5.74, 6) is 0.527. The lowest BCUT2D eigenvalue weighted by molar-refractivity contribution is -0.124. The Morgan fingerprint density at radius 3 is 1.17 bits per heavy atom. The lowest BCUT2D eigenvalue weighted by Crippen LogP contribution is -2.52. The molecule has 0 aromatic heterocycles. The lowest BCUT2D eigenvalue weighted by atomic mass is 9.42. The van der Waals surface area contributed by atoms with E-state index in [-0.39, 0.29) is 33.2 Å². The van der Waals surface area contributed by atoms with E-state index >= 15 is 0 Å². The monoisotopic (exact) mass is 328 g/mol. The van der Waals surface area contributed by atoms with Gasteiger partial charge < -0.3 is 0 Å². The molecule has 0 bridgehead atoms. The third kappa shape index (κ3) is 1.89. The predicted octanol–water partition coefficient (Wildman–Crippen LogP) is 5.42. The van der Waals surface area contributed by atoms with Crippen molar-refractivity contribution in [3.8, 4) is 0 Å². The van der Waals surface area contributed by atoms with Gasteiger partial charge in [0.15, 0.2) is 11.6 Å². The third-order valence-electron chi connectivity index (χ3n) is 7.73. The first-order chi connectivity index (χ1) is 10.8. The van der Waals surface area contributed by atoms with Gasteiger partial charge >= 0.3 is 0 Å². The molecule has 0 amide bonds. The van der Waals surface area contributed by atoms with Gasteiger partial charge in [-0.25, -0.2) is 0 Å². The van der Waals surface area contributed by atoms with Crippen molar-refractivity contribution in [3.05, 3.63) is 22.3 Å². The van der Waals surface area contributed by atoms with Gasteiger partial charge in [-0.3, -0.25) is 9.59 Å². The zero-order chi connectivity index (χ0) is 18.3. The second kappa shape index (κ2) is 4.71. The fraction of sp³-hybridized carbons (Fsp3) is 0.727. The molecule has 2 atom stereocenters. The fourth-order valence-electron chi connectivity index (χ4n) is 5.64. The van der Waals surface area contributed by atoms with Crippen molar-refractivity contribution in [1.29, 1.82) is 0 Å². The van der Waals surface area contributed by atoms with E-state index in [0.717, 1.165) is 36.8 Å². The van der Waals surface area contributed by atoms with Crippen molar-refractivity contribution < 1.29 is 9.59 Å². The number of Topliss-reactive ketones (excluding diaryl/α,β-unsaturated/α-hetero) is 2. The molecule has 0 N–H and O–H groups in total. The summed E-state index contributed by atoms with van der Waals surface area (Å²) in [5.41, 5.74) is 3.62. The Morgan fingerprint density at radius 2 is 0.875 bits per heavy atom. The van der Waals surface area contributed by atoms with Crippen molar-refractivity contribution in [2.75, 3.05) is 0 Å². The van der Waals surface area contributed by atoms with E-state index < -0.39 is 0 Å². The van der Waals surface area contributed by atoms with E-state index in [1.54, 1.807) is 0 Å². The van der Waals surface area contributed by atoms with Gasteiger partial charge in [-0.2, -0.15) is 0 Å². The molecule has 3 aliphatic carbocycles. The molecule has 0 aromatic rings. The average molecular weight is 328 g/mol. The molecule has 2 heteroatoms. The van der Waals surface area contributed by atoms with E-state index in [1.165, 1.54) is 11.1 Å². The van der Waals surface area contributed by atoms with Crippen molar-refractivity contribution in [3.63, 3.8) is 0 Å². The van der Waals surface area contributed by atoms with Crippen LogP contribution in [0, 0.1) is 21.7 Å². The second-order valence-electron chi connectivity index (χ2n) is 10.1. The largest absolute Gasteiger partial charge is 0.294 e. The Bertz CT molecular complexity index is 654. The van der Waals surface area contributed by atoms with E-state index in [4.69, 9.17) is 0 Å². The van der Waals surface area contributed by atoms with Gasteiger partial charge in [0, 0.05) is 21.7 Å². The molecule has 1 fully saturated rings. The van der Waals surface area contributed by atoms with Gasteiger partial charge in [-0.1, -0.05) is 41.5 Å². The van der Waals surface area contributed by atoms with Crippen LogP contribution < -0.4 is 0 Å². The molecule has 3 aliphatic rings. The molecule has 0 heterocycles. The van der Waals surface area contributed by atoms with Gasteiger partial charge in [-0.15, -0.1) is 0 Å². The number of fused-ring (bicyclic) bond motifs is 4. The van der Waals surface area contributed by atoms with E-state index in [9.17, 15) is 9.59 Å². The topological polar surface area (TPSA) is 34.1 Å². The summed E-state index contributed by atoms with van der Waals surface area (Å²) in [6.45, 7) is 16.9. The van der Waals surface area contributed by atoms with Crippen LogP contribution in [0.1, 0.15) is 81.1 Å². The summed E-state index contributed by atoms with van der Waals surface area (Å²) < 4.78 is 0. The Morgan fingerprint density at radius 1 is 0.583 bits per heavy atom. The molecule has 0 radical (unpaired) electrons. The molecule has 0 spiro atoms. The number of carbonyl (C=O) groups is 2. The van der Waals surface area contributed by atoms with E-state index in [0.29, 0.717) is 0 Å². The zero-order valence-electron chi connectivity index (χ0n) is 16.6. The van der Waals surface area contributed by atoms with E-state index in [2.05, 4.69) is 41.5 Å². The molecule has 0 aliphatic heterocycles. The molecule has 132 valence electrons. The summed E-state index contributed by atoms with van der Waals surface area (Å²) >= 11 is 0. The molecular weight excluding hydrogens is 296 g/mol. The van der Waals surface area contributed by atoms with Gasteiger partial charge in [-0.05, 0) is 61.8 Å². The maximum absolute atomic E-state index is 13.0. The molecule has 3 rings (SSSR count). The van der Waals surface area contributed by atoms with Crippen molar-refractivity contribution in [2.45, 2.75) is 81.1 Å². The highest BCUT2D eigenvalue weighted by molar-refractivity contribution is 6.05. The molecule has 24 heavy (non-hydrogen) atoms. The number of hydrogen-bond donors (Lipinski definition) is 0. The summed E-state index contributed by atoms with van der Waals surface area (Å²) in [4.78, 5) is 26.0. The van der Waals surface area contributed by atoms with E-state index in [1.807, 2.05) is 13.8 Å². The van der Waals surface area contributed by atoms with Crippen LogP contribution in [-0.2, 0) is 9.59 Å². The van der Waals surface area contributed by atoms with Crippen LogP contribution >= 0.6 is 0 Å². The highest BCUT2D eigenvalue weighted by atomic mass is 16.1. The van der Waals surface area contributed by atoms with Gasteiger partial charge in [0.1, 0.15) is 0 Å². The highest BCUT2D eigenvalue weighted by Crippen LogP contribution is 2.72. The minimum atomic E-state index is -0.301. The fourth-order valence-corrected chi connectivity index (χ4v) is 5.64. The quantitative estimate of drug-likeness (QED) is 0.594. The minimum absolute atomic E-state index is 0.0117. The summed E-state index contributed by atoms with van der Waals surface area (Å²) in [5, 5.41) is 0. The summed E-state index contributed by atoms with van der Waals surface area (Å²) in [6.07, 6.45) is 3.89. The first-order valence-corrected chi connectivity index (χ1v) is 9.32. The minimum Gasteiger partial charge on any atom is -0.294 e.